The van der Waals surface area contributed by atoms with Gasteiger partial charge in [0.25, 0.3) is 0 Å². The van der Waals surface area contributed by atoms with Crippen molar-refractivity contribution in [2.45, 2.75) is 6.54 Å². The van der Waals surface area contributed by atoms with E-state index in [0.29, 0.717) is 12.3 Å². The van der Waals surface area contributed by atoms with E-state index in [4.69, 9.17) is 0 Å². The molecule has 0 atom stereocenters. The number of nitrogens with one attached hydrogen (secondary N) is 1. The van der Waals surface area contributed by atoms with E-state index < -0.39 is 0 Å². The summed E-state index contributed by atoms with van der Waals surface area (Å²) < 4.78 is 0. The maximum absolute atomic E-state index is 9.85. The maximum atomic E-state index is 9.85. The van der Waals surface area contributed by atoms with Crippen LogP contribution in [0.5, 0.6) is 5.75 Å². The summed E-state index contributed by atoms with van der Waals surface area (Å²) in [7, 11) is 0. The molecule has 0 aliphatic rings. The largest absolute Gasteiger partial charge is 0.508 e. The lowest BCUT2D eigenvalue weighted by molar-refractivity contribution is 0.469. The molecule has 0 aromatic heterocycles. The Morgan fingerprint density at radius 3 is 1.59 bits per heavy atom. The molecule has 27 heavy (non-hydrogen) atoms. The molecular weight excluding hydrogens is 330 g/mol. The Labute approximate surface area is 159 Å². The minimum atomic E-state index is 0.320. The highest BCUT2D eigenvalue weighted by Gasteiger charge is 2.02. The van der Waals surface area contributed by atoms with Gasteiger partial charge in [0, 0.05) is 17.8 Å². The smallest absolute Gasteiger partial charge is 0.120 e. The monoisotopic (exact) mass is 351 g/mol. The number of phenols is 1. The molecule has 0 bridgehead atoms. The predicted octanol–water partition coefficient (Wildman–Crippen LogP) is 6.34. The van der Waals surface area contributed by atoms with Crippen molar-refractivity contribution in [1.82, 2.24) is 0 Å². The number of anilines is 1. The Bertz CT molecular complexity index is 1010. The number of rotatable bonds is 5. The zero-order chi connectivity index (χ0) is 18.5. The predicted molar refractivity (Wildman–Crippen MR) is 113 cm³/mol. The average molecular weight is 351 g/mol. The molecule has 132 valence electrons. The second-order valence-electron chi connectivity index (χ2n) is 6.50. The molecule has 0 heterocycles. The van der Waals surface area contributed by atoms with Gasteiger partial charge in [0.1, 0.15) is 5.75 Å². The van der Waals surface area contributed by atoms with Crippen LogP contribution in [0.25, 0.3) is 22.3 Å². The van der Waals surface area contributed by atoms with E-state index in [0.717, 1.165) is 11.3 Å². The van der Waals surface area contributed by atoms with Gasteiger partial charge in [-0.1, -0.05) is 84.9 Å². The van der Waals surface area contributed by atoms with Crippen LogP contribution in [0, 0.1) is 0 Å². The molecule has 0 aliphatic heterocycles. The minimum Gasteiger partial charge on any atom is -0.508 e. The van der Waals surface area contributed by atoms with Crippen molar-refractivity contribution in [3.63, 3.8) is 0 Å². The van der Waals surface area contributed by atoms with Crippen molar-refractivity contribution in [3.8, 4) is 28.0 Å². The summed E-state index contributed by atoms with van der Waals surface area (Å²) in [6.07, 6.45) is 0. The molecule has 4 aromatic rings. The van der Waals surface area contributed by atoms with Gasteiger partial charge in [-0.3, -0.25) is 0 Å². The molecule has 0 aliphatic carbocycles. The number of benzene rings is 4. The fraction of sp³-hybridized carbons (Fsp3) is 0.0400. The van der Waals surface area contributed by atoms with E-state index in [-0.39, 0.29) is 0 Å². The van der Waals surface area contributed by atoms with Crippen LogP contribution in [0.2, 0.25) is 0 Å². The van der Waals surface area contributed by atoms with Gasteiger partial charge in [0.15, 0.2) is 0 Å². The summed E-state index contributed by atoms with van der Waals surface area (Å²) in [5.74, 6) is 0.320. The van der Waals surface area contributed by atoms with Gasteiger partial charge >= 0.3 is 0 Å². The highest BCUT2D eigenvalue weighted by atomic mass is 16.3. The molecule has 2 heteroatoms. The molecule has 0 saturated carbocycles. The van der Waals surface area contributed by atoms with Crippen molar-refractivity contribution >= 4 is 5.69 Å². The van der Waals surface area contributed by atoms with E-state index in [9.17, 15) is 5.11 Å². The Balaban J connectivity index is 1.45. The SMILES string of the molecule is Oc1ccccc1CNc1ccc(-c2ccc(-c3ccccc3)cc2)cc1. The van der Waals surface area contributed by atoms with Gasteiger partial charge in [0.2, 0.25) is 0 Å². The molecule has 0 radical (unpaired) electrons. The molecule has 4 aromatic carbocycles. The summed E-state index contributed by atoms with van der Waals surface area (Å²) in [5.41, 5.74) is 6.75. The molecular formula is C25H21NO. The van der Waals surface area contributed by atoms with Crippen molar-refractivity contribution in [2.75, 3.05) is 5.32 Å². The van der Waals surface area contributed by atoms with E-state index in [1.165, 1.54) is 22.3 Å². The highest BCUT2D eigenvalue weighted by Crippen LogP contribution is 2.26. The van der Waals surface area contributed by atoms with Crippen LogP contribution in [-0.4, -0.2) is 5.11 Å². The first-order valence-corrected chi connectivity index (χ1v) is 9.06. The molecule has 2 N–H and O–H groups in total. The summed E-state index contributed by atoms with van der Waals surface area (Å²) in [6.45, 7) is 0.595. The van der Waals surface area contributed by atoms with Gasteiger partial charge in [-0.05, 0) is 40.5 Å². The maximum Gasteiger partial charge on any atom is 0.120 e. The van der Waals surface area contributed by atoms with Crippen LogP contribution in [0.15, 0.2) is 103 Å². The zero-order valence-corrected chi connectivity index (χ0v) is 15.0. The van der Waals surface area contributed by atoms with E-state index in [1.807, 2.05) is 24.3 Å². The number of hydrogen-bond acceptors (Lipinski definition) is 2. The third kappa shape index (κ3) is 4.01. The molecule has 0 amide bonds. The standard InChI is InChI=1S/C25H21NO/c27-25-9-5-4-8-23(25)18-26-24-16-14-22(15-17-24)21-12-10-20(11-13-21)19-6-2-1-3-7-19/h1-17,26-27H,18H2. The number of aromatic hydroxyl groups is 1. The van der Waals surface area contributed by atoms with Crippen LogP contribution in [0.1, 0.15) is 5.56 Å². The van der Waals surface area contributed by atoms with Crippen LogP contribution in [0.3, 0.4) is 0 Å². The molecule has 0 unspecified atom stereocenters. The van der Waals surface area contributed by atoms with Crippen LogP contribution >= 0.6 is 0 Å². The molecule has 4 rings (SSSR count). The zero-order valence-electron chi connectivity index (χ0n) is 15.0. The fourth-order valence-corrected chi connectivity index (χ4v) is 3.12. The Morgan fingerprint density at radius 2 is 1.00 bits per heavy atom. The van der Waals surface area contributed by atoms with Crippen molar-refractivity contribution in [3.05, 3.63) is 109 Å². The summed E-state index contributed by atoms with van der Waals surface area (Å²) in [6, 6.07) is 34.8. The normalized spacial score (nSPS) is 10.5. The summed E-state index contributed by atoms with van der Waals surface area (Å²) in [4.78, 5) is 0. The van der Waals surface area contributed by atoms with Gasteiger partial charge in [-0.2, -0.15) is 0 Å². The average Bonchev–Trinajstić information content (AvgIpc) is 2.74. The van der Waals surface area contributed by atoms with Crippen LogP contribution < -0.4 is 5.32 Å². The third-order valence-corrected chi connectivity index (χ3v) is 4.68. The summed E-state index contributed by atoms with van der Waals surface area (Å²) in [5, 5.41) is 13.2. The Hall–Kier alpha value is -3.52. The van der Waals surface area contributed by atoms with Gasteiger partial charge < -0.3 is 10.4 Å². The lowest BCUT2D eigenvalue weighted by Crippen LogP contribution is -1.99. The topological polar surface area (TPSA) is 32.3 Å². The quantitative estimate of drug-likeness (QED) is 0.440. The van der Waals surface area contributed by atoms with Crippen molar-refractivity contribution in [1.29, 1.82) is 0 Å². The van der Waals surface area contributed by atoms with Crippen molar-refractivity contribution in [2.24, 2.45) is 0 Å². The second-order valence-corrected chi connectivity index (χ2v) is 6.50. The van der Waals surface area contributed by atoms with Gasteiger partial charge in [0.05, 0.1) is 0 Å². The molecule has 2 nitrogen and oxygen atoms in total. The highest BCUT2D eigenvalue weighted by molar-refractivity contribution is 5.71. The number of para-hydroxylation sites is 1. The number of phenolic OH excluding ortho intramolecular Hbond substituents is 1. The van der Waals surface area contributed by atoms with Crippen LogP contribution in [-0.2, 0) is 6.54 Å². The van der Waals surface area contributed by atoms with Gasteiger partial charge in [-0.25, -0.2) is 0 Å². The summed E-state index contributed by atoms with van der Waals surface area (Å²) >= 11 is 0. The second kappa shape index (κ2) is 7.79. The van der Waals surface area contributed by atoms with Gasteiger partial charge in [-0.15, -0.1) is 0 Å². The first-order chi connectivity index (χ1) is 13.3. The third-order valence-electron chi connectivity index (χ3n) is 4.68. The van der Waals surface area contributed by atoms with E-state index >= 15 is 0 Å². The molecule has 0 fully saturated rings. The lowest BCUT2D eigenvalue weighted by Gasteiger charge is -2.09. The van der Waals surface area contributed by atoms with E-state index in [2.05, 4.69) is 78.1 Å². The lowest BCUT2D eigenvalue weighted by atomic mass is 10.0. The van der Waals surface area contributed by atoms with Crippen molar-refractivity contribution < 1.29 is 5.11 Å². The molecule has 0 saturated heterocycles. The Morgan fingerprint density at radius 1 is 0.519 bits per heavy atom. The minimum absolute atomic E-state index is 0.320. The first-order valence-electron chi connectivity index (χ1n) is 9.06. The number of hydrogen-bond donors (Lipinski definition) is 2. The molecule has 0 spiro atoms. The fourth-order valence-electron chi connectivity index (χ4n) is 3.12. The van der Waals surface area contributed by atoms with E-state index in [1.54, 1.807) is 6.07 Å². The Kier molecular flexibility index (Phi) is 4.88. The first kappa shape index (κ1) is 16.9. The van der Waals surface area contributed by atoms with Crippen LogP contribution in [0.4, 0.5) is 5.69 Å².